The molecule has 1 rings (SSSR count). The molecule has 0 amide bonds. The zero-order valence-corrected chi connectivity index (χ0v) is 8.87. The maximum absolute atomic E-state index is 11.5. The molecule has 1 aliphatic rings. The first-order valence-corrected chi connectivity index (χ1v) is 4.81. The number of hydrogen-bond acceptors (Lipinski definition) is 4. The van der Waals surface area contributed by atoms with Crippen LogP contribution in [0.3, 0.4) is 0 Å². The number of hydrogen-bond donors (Lipinski definition) is 1. The SMILES string of the molecule is CC(C)(C)OC(=O)C1CC(=O)C1CN. The van der Waals surface area contributed by atoms with Gasteiger partial charge >= 0.3 is 5.97 Å². The Morgan fingerprint density at radius 1 is 1.57 bits per heavy atom. The molecule has 4 nitrogen and oxygen atoms in total. The molecule has 0 aliphatic heterocycles. The first-order chi connectivity index (χ1) is 6.35. The van der Waals surface area contributed by atoms with Gasteiger partial charge in [0.15, 0.2) is 0 Å². The quantitative estimate of drug-likeness (QED) is 0.657. The van der Waals surface area contributed by atoms with E-state index in [4.69, 9.17) is 10.5 Å². The second kappa shape index (κ2) is 3.69. The van der Waals surface area contributed by atoms with Gasteiger partial charge in [-0.05, 0) is 20.8 Å². The number of esters is 1. The lowest BCUT2D eigenvalue weighted by molar-refractivity contribution is -0.169. The van der Waals surface area contributed by atoms with Crippen LogP contribution >= 0.6 is 0 Å². The molecule has 0 aromatic rings. The summed E-state index contributed by atoms with van der Waals surface area (Å²) in [6.07, 6.45) is 0.288. The van der Waals surface area contributed by atoms with Gasteiger partial charge in [-0.15, -0.1) is 0 Å². The molecule has 1 saturated carbocycles. The van der Waals surface area contributed by atoms with E-state index in [1.54, 1.807) is 0 Å². The van der Waals surface area contributed by atoms with Crippen molar-refractivity contribution >= 4 is 11.8 Å². The third-order valence-electron chi connectivity index (χ3n) is 2.28. The smallest absolute Gasteiger partial charge is 0.310 e. The molecular formula is C10H17NO3. The molecule has 0 radical (unpaired) electrons. The lowest BCUT2D eigenvalue weighted by Gasteiger charge is -2.34. The minimum absolute atomic E-state index is 0.0726. The molecule has 0 heterocycles. The minimum Gasteiger partial charge on any atom is -0.460 e. The molecule has 0 aromatic carbocycles. The van der Waals surface area contributed by atoms with E-state index in [1.165, 1.54) is 0 Å². The Morgan fingerprint density at radius 3 is 2.50 bits per heavy atom. The molecule has 80 valence electrons. The topological polar surface area (TPSA) is 69.4 Å². The Bertz CT molecular complexity index is 255. The van der Waals surface area contributed by atoms with Gasteiger partial charge < -0.3 is 10.5 Å². The van der Waals surface area contributed by atoms with Crippen LogP contribution in [0.2, 0.25) is 0 Å². The zero-order valence-electron chi connectivity index (χ0n) is 8.87. The molecule has 0 aromatic heterocycles. The number of nitrogens with two attached hydrogens (primary N) is 1. The summed E-state index contributed by atoms with van der Waals surface area (Å²) in [5, 5.41) is 0. The highest BCUT2D eigenvalue weighted by Gasteiger charge is 2.45. The predicted molar refractivity (Wildman–Crippen MR) is 51.5 cm³/mol. The van der Waals surface area contributed by atoms with E-state index < -0.39 is 5.60 Å². The third-order valence-corrected chi connectivity index (χ3v) is 2.28. The summed E-state index contributed by atoms with van der Waals surface area (Å²) in [5.74, 6) is -0.854. The Hall–Kier alpha value is -0.900. The fourth-order valence-electron chi connectivity index (χ4n) is 1.50. The van der Waals surface area contributed by atoms with Crippen molar-refractivity contribution in [2.75, 3.05) is 6.54 Å². The molecule has 0 spiro atoms. The highest BCUT2D eigenvalue weighted by atomic mass is 16.6. The molecule has 14 heavy (non-hydrogen) atoms. The highest BCUT2D eigenvalue weighted by Crippen LogP contribution is 2.31. The first kappa shape index (κ1) is 11.2. The molecule has 4 heteroatoms. The normalized spacial score (nSPS) is 27.0. The average Bonchev–Trinajstić information content (AvgIpc) is 1.97. The fraction of sp³-hybridized carbons (Fsp3) is 0.800. The minimum atomic E-state index is -0.491. The summed E-state index contributed by atoms with van der Waals surface area (Å²) in [4.78, 5) is 22.6. The van der Waals surface area contributed by atoms with Crippen molar-refractivity contribution < 1.29 is 14.3 Å². The number of ketones is 1. The van der Waals surface area contributed by atoms with Crippen LogP contribution in [0.4, 0.5) is 0 Å². The van der Waals surface area contributed by atoms with Crippen LogP contribution in [0, 0.1) is 11.8 Å². The molecule has 1 fully saturated rings. The molecule has 1 aliphatic carbocycles. The van der Waals surface area contributed by atoms with Crippen molar-refractivity contribution in [2.24, 2.45) is 17.6 Å². The van der Waals surface area contributed by atoms with Crippen molar-refractivity contribution in [1.82, 2.24) is 0 Å². The van der Waals surface area contributed by atoms with Gasteiger partial charge in [0.25, 0.3) is 0 Å². The van der Waals surface area contributed by atoms with E-state index in [-0.39, 0.29) is 36.6 Å². The fourth-order valence-corrected chi connectivity index (χ4v) is 1.50. The van der Waals surface area contributed by atoms with Crippen LogP contribution in [0.1, 0.15) is 27.2 Å². The Balaban J connectivity index is 2.51. The summed E-state index contributed by atoms with van der Waals surface area (Å²) in [6.45, 7) is 5.66. The monoisotopic (exact) mass is 199 g/mol. The van der Waals surface area contributed by atoms with Gasteiger partial charge in [0.1, 0.15) is 11.4 Å². The Kier molecular flexibility index (Phi) is 2.95. The van der Waals surface area contributed by atoms with E-state index in [9.17, 15) is 9.59 Å². The molecule has 0 bridgehead atoms. The maximum atomic E-state index is 11.5. The largest absolute Gasteiger partial charge is 0.460 e. The van der Waals surface area contributed by atoms with Gasteiger partial charge in [-0.2, -0.15) is 0 Å². The van der Waals surface area contributed by atoms with Gasteiger partial charge in [0, 0.05) is 18.9 Å². The molecule has 2 unspecified atom stereocenters. The van der Waals surface area contributed by atoms with Gasteiger partial charge in [0.05, 0.1) is 5.92 Å². The van der Waals surface area contributed by atoms with Crippen molar-refractivity contribution in [3.63, 3.8) is 0 Å². The van der Waals surface area contributed by atoms with Crippen LogP contribution in [0.5, 0.6) is 0 Å². The highest BCUT2D eigenvalue weighted by molar-refractivity contribution is 5.96. The zero-order chi connectivity index (χ0) is 10.9. The predicted octanol–water partition coefficient (Wildman–Crippen LogP) is 0.492. The third kappa shape index (κ3) is 2.32. The summed E-state index contributed by atoms with van der Waals surface area (Å²) < 4.78 is 5.18. The van der Waals surface area contributed by atoms with Gasteiger partial charge in [-0.25, -0.2) is 0 Å². The van der Waals surface area contributed by atoms with Gasteiger partial charge in [-0.1, -0.05) is 0 Å². The summed E-state index contributed by atoms with van der Waals surface area (Å²) >= 11 is 0. The lowest BCUT2D eigenvalue weighted by atomic mass is 9.72. The number of carbonyl (C=O) groups excluding carboxylic acids is 2. The van der Waals surface area contributed by atoms with Crippen molar-refractivity contribution in [2.45, 2.75) is 32.8 Å². The molecular weight excluding hydrogens is 182 g/mol. The lowest BCUT2D eigenvalue weighted by Crippen LogP contribution is -2.48. The summed E-state index contributed by atoms with van der Waals surface area (Å²) in [5.41, 5.74) is 4.90. The Morgan fingerprint density at radius 2 is 2.14 bits per heavy atom. The van der Waals surface area contributed by atoms with E-state index in [1.807, 2.05) is 20.8 Å². The number of carbonyl (C=O) groups is 2. The van der Waals surface area contributed by atoms with E-state index in [2.05, 4.69) is 0 Å². The summed E-state index contributed by atoms with van der Waals surface area (Å²) in [7, 11) is 0. The van der Waals surface area contributed by atoms with Crippen LogP contribution in [0.15, 0.2) is 0 Å². The Labute approximate surface area is 83.8 Å². The molecule has 2 atom stereocenters. The summed E-state index contributed by atoms with van der Waals surface area (Å²) in [6, 6.07) is 0. The number of ether oxygens (including phenoxy) is 1. The van der Waals surface area contributed by atoms with Crippen LogP contribution in [-0.2, 0) is 14.3 Å². The van der Waals surface area contributed by atoms with E-state index in [0.717, 1.165) is 0 Å². The average molecular weight is 199 g/mol. The standard InChI is InChI=1S/C10H17NO3/c1-10(2,3)14-9(13)6-4-8(12)7(6)5-11/h6-7H,4-5,11H2,1-3H3. The van der Waals surface area contributed by atoms with Gasteiger partial charge in [0.2, 0.25) is 0 Å². The number of Topliss-reactive ketones (excluding diaryl/α,β-unsaturated/α-hetero) is 1. The van der Waals surface area contributed by atoms with E-state index >= 15 is 0 Å². The van der Waals surface area contributed by atoms with E-state index in [0.29, 0.717) is 0 Å². The maximum Gasteiger partial charge on any atom is 0.310 e. The first-order valence-electron chi connectivity index (χ1n) is 4.81. The molecule has 0 saturated heterocycles. The van der Waals surface area contributed by atoms with Crippen molar-refractivity contribution in [3.8, 4) is 0 Å². The van der Waals surface area contributed by atoms with Crippen LogP contribution < -0.4 is 5.73 Å². The second-order valence-corrected chi connectivity index (χ2v) is 4.65. The second-order valence-electron chi connectivity index (χ2n) is 4.65. The van der Waals surface area contributed by atoms with Crippen LogP contribution in [0.25, 0.3) is 0 Å². The van der Waals surface area contributed by atoms with Gasteiger partial charge in [-0.3, -0.25) is 9.59 Å². The van der Waals surface area contributed by atoms with Crippen molar-refractivity contribution in [3.05, 3.63) is 0 Å². The van der Waals surface area contributed by atoms with Crippen molar-refractivity contribution in [1.29, 1.82) is 0 Å². The van der Waals surface area contributed by atoms with Crippen LogP contribution in [-0.4, -0.2) is 23.9 Å². The molecule has 2 N–H and O–H groups in total. The number of rotatable bonds is 2.